The molecule has 1 aliphatic rings. The third-order valence-electron chi connectivity index (χ3n) is 5.77. The number of aromatic nitrogens is 2. The Morgan fingerprint density at radius 1 is 0.943 bits per heavy atom. The van der Waals surface area contributed by atoms with Crippen LogP contribution in [0.3, 0.4) is 0 Å². The maximum absolute atomic E-state index is 12.0. The smallest absolute Gasteiger partial charge is 0.319 e. The van der Waals surface area contributed by atoms with Gasteiger partial charge in [0.15, 0.2) is 0 Å². The van der Waals surface area contributed by atoms with Gasteiger partial charge < -0.3 is 31.1 Å². The number of carbonyl (C=O) groups is 1. The lowest BCUT2D eigenvalue weighted by Crippen LogP contribution is -2.44. The Bertz CT molecular complexity index is 1140. The minimum atomic E-state index is -0.236. The van der Waals surface area contributed by atoms with Crippen molar-refractivity contribution < 1.29 is 4.79 Å². The average Bonchev–Trinajstić information content (AvgIpc) is 2.82. The predicted molar refractivity (Wildman–Crippen MR) is 143 cm³/mol. The van der Waals surface area contributed by atoms with Gasteiger partial charge in [-0.2, -0.15) is 4.98 Å². The number of hydrogen-bond donors (Lipinski definition) is 4. The van der Waals surface area contributed by atoms with Crippen molar-refractivity contribution in [2.75, 3.05) is 54.1 Å². The molecule has 0 saturated carbocycles. The lowest BCUT2D eigenvalue weighted by Gasteiger charge is -2.34. The van der Waals surface area contributed by atoms with Gasteiger partial charge in [-0.25, -0.2) is 9.78 Å². The van der Waals surface area contributed by atoms with E-state index in [0.29, 0.717) is 17.5 Å². The minimum Gasteiger partial charge on any atom is -0.369 e. The van der Waals surface area contributed by atoms with E-state index in [0.717, 1.165) is 43.1 Å². The SMILES string of the molecule is Cc1cnc(Nc2ccc(N3CCN(C)CC3)cc2)nc1Nc1cccc(NC(=O)NC(C)C)c1. The molecule has 1 aliphatic heterocycles. The molecule has 4 rings (SSSR count). The summed E-state index contributed by atoms with van der Waals surface area (Å²) in [6.07, 6.45) is 1.79. The van der Waals surface area contributed by atoms with Gasteiger partial charge in [-0.3, -0.25) is 0 Å². The highest BCUT2D eigenvalue weighted by Gasteiger charge is 2.14. The van der Waals surface area contributed by atoms with Crippen molar-refractivity contribution >= 4 is 40.5 Å². The van der Waals surface area contributed by atoms with Crippen LogP contribution in [0.25, 0.3) is 0 Å². The molecule has 2 aromatic carbocycles. The number of carbonyl (C=O) groups excluding carboxylic acids is 1. The summed E-state index contributed by atoms with van der Waals surface area (Å²) in [6, 6.07) is 15.7. The van der Waals surface area contributed by atoms with E-state index in [1.54, 1.807) is 6.20 Å². The zero-order valence-electron chi connectivity index (χ0n) is 20.8. The number of nitrogens with one attached hydrogen (secondary N) is 4. The summed E-state index contributed by atoms with van der Waals surface area (Å²) in [5.74, 6) is 1.20. The van der Waals surface area contributed by atoms with E-state index in [9.17, 15) is 4.79 Å². The van der Waals surface area contributed by atoms with E-state index in [2.05, 4.69) is 72.3 Å². The minimum absolute atomic E-state index is 0.0638. The zero-order chi connectivity index (χ0) is 24.8. The first-order chi connectivity index (χ1) is 16.9. The van der Waals surface area contributed by atoms with Crippen LogP contribution in [-0.4, -0.2) is 60.2 Å². The number of hydrogen-bond acceptors (Lipinski definition) is 7. The Balaban J connectivity index is 1.41. The van der Waals surface area contributed by atoms with E-state index in [4.69, 9.17) is 0 Å². The lowest BCUT2D eigenvalue weighted by atomic mass is 10.2. The van der Waals surface area contributed by atoms with E-state index in [1.807, 2.05) is 45.0 Å². The Hall–Kier alpha value is -3.85. The average molecular weight is 475 g/mol. The predicted octanol–water partition coefficient (Wildman–Crippen LogP) is 4.55. The maximum atomic E-state index is 12.0. The van der Waals surface area contributed by atoms with Gasteiger partial charge in [-0.15, -0.1) is 0 Å². The van der Waals surface area contributed by atoms with E-state index in [1.165, 1.54) is 5.69 Å². The molecule has 1 aromatic heterocycles. The van der Waals surface area contributed by atoms with Gasteiger partial charge in [0.2, 0.25) is 5.95 Å². The number of aryl methyl sites for hydroxylation is 1. The number of anilines is 6. The Morgan fingerprint density at radius 3 is 2.37 bits per heavy atom. The van der Waals surface area contributed by atoms with Crippen molar-refractivity contribution in [1.29, 1.82) is 0 Å². The molecule has 9 nitrogen and oxygen atoms in total. The number of piperazine rings is 1. The monoisotopic (exact) mass is 474 g/mol. The molecule has 0 radical (unpaired) electrons. The number of amides is 2. The van der Waals surface area contributed by atoms with E-state index >= 15 is 0 Å². The summed E-state index contributed by atoms with van der Waals surface area (Å²) < 4.78 is 0. The van der Waals surface area contributed by atoms with E-state index in [-0.39, 0.29) is 12.1 Å². The summed E-state index contributed by atoms with van der Waals surface area (Å²) in [4.78, 5) is 25.9. The first kappa shape index (κ1) is 24.3. The fourth-order valence-electron chi connectivity index (χ4n) is 3.82. The van der Waals surface area contributed by atoms with Crippen molar-refractivity contribution in [2.24, 2.45) is 0 Å². The second kappa shape index (κ2) is 11.1. The zero-order valence-corrected chi connectivity index (χ0v) is 20.8. The maximum Gasteiger partial charge on any atom is 0.319 e. The molecule has 2 heterocycles. The topological polar surface area (TPSA) is 97.5 Å². The molecule has 4 N–H and O–H groups in total. The van der Waals surface area contributed by atoms with Gasteiger partial charge in [0.25, 0.3) is 0 Å². The van der Waals surface area contributed by atoms with Crippen LogP contribution >= 0.6 is 0 Å². The highest BCUT2D eigenvalue weighted by atomic mass is 16.2. The third-order valence-corrected chi connectivity index (χ3v) is 5.77. The van der Waals surface area contributed by atoms with Gasteiger partial charge in [-0.05, 0) is 70.3 Å². The normalized spacial score (nSPS) is 14.0. The molecular weight excluding hydrogens is 440 g/mol. The van der Waals surface area contributed by atoms with E-state index < -0.39 is 0 Å². The molecule has 0 unspecified atom stereocenters. The number of benzene rings is 2. The molecule has 0 atom stereocenters. The highest BCUT2D eigenvalue weighted by molar-refractivity contribution is 5.90. The van der Waals surface area contributed by atoms with Gasteiger partial charge in [0, 0.05) is 66.7 Å². The number of urea groups is 1. The summed E-state index contributed by atoms with van der Waals surface area (Å²) in [5, 5.41) is 12.3. The standard InChI is InChI=1S/C26H34N8O/c1-18(2)28-26(35)31-22-7-5-6-21(16-22)29-24-19(3)17-27-25(32-24)30-20-8-10-23(11-9-20)34-14-12-33(4)13-15-34/h5-11,16-18H,12-15H2,1-4H3,(H2,28,31,35)(H2,27,29,30,32). The molecule has 0 aliphatic carbocycles. The molecule has 35 heavy (non-hydrogen) atoms. The Labute approximate surface area is 207 Å². The van der Waals surface area contributed by atoms with Crippen LogP contribution < -0.4 is 26.2 Å². The van der Waals surface area contributed by atoms with Crippen molar-refractivity contribution in [3.8, 4) is 0 Å². The van der Waals surface area contributed by atoms with Crippen LogP contribution in [0.1, 0.15) is 19.4 Å². The van der Waals surface area contributed by atoms with Gasteiger partial charge in [-0.1, -0.05) is 6.07 Å². The number of likely N-dealkylation sites (N-methyl/N-ethyl adjacent to an activating group) is 1. The largest absolute Gasteiger partial charge is 0.369 e. The number of nitrogens with zero attached hydrogens (tertiary/aromatic N) is 4. The van der Waals surface area contributed by atoms with Crippen LogP contribution in [0, 0.1) is 6.92 Å². The summed E-state index contributed by atoms with van der Waals surface area (Å²) in [7, 11) is 2.16. The Morgan fingerprint density at radius 2 is 1.66 bits per heavy atom. The van der Waals surface area contributed by atoms with Gasteiger partial charge >= 0.3 is 6.03 Å². The van der Waals surface area contributed by atoms with Gasteiger partial charge in [0.05, 0.1) is 0 Å². The van der Waals surface area contributed by atoms with Crippen LogP contribution in [0.15, 0.2) is 54.7 Å². The second-order valence-electron chi connectivity index (χ2n) is 9.15. The Kier molecular flexibility index (Phi) is 7.67. The van der Waals surface area contributed by atoms with Gasteiger partial charge in [0.1, 0.15) is 5.82 Å². The third kappa shape index (κ3) is 6.83. The van der Waals surface area contributed by atoms with Crippen LogP contribution in [0.4, 0.5) is 39.3 Å². The second-order valence-corrected chi connectivity index (χ2v) is 9.15. The molecule has 3 aromatic rings. The highest BCUT2D eigenvalue weighted by Crippen LogP contribution is 2.24. The molecule has 0 bridgehead atoms. The molecule has 0 spiro atoms. The molecule has 1 fully saturated rings. The molecule has 9 heteroatoms. The summed E-state index contributed by atoms with van der Waals surface area (Å²) in [5.41, 5.74) is 4.58. The number of rotatable bonds is 7. The molecule has 184 valence electrons. The summed E-state index contributed by atoms with van der Waals surface area (Å²) >= 11 is 0. The van der Waals surface area contributed by atoms with Crippen molar-refractivity contribution in [3.05, 3.63) is 60.3 Å². The first-order valence-corrected chi connectivity index (χ1v) is 11.9. The molecule has 2 amide bonds. The molecular formula is C26H34N8O. The van der Waals surface area contributed by atoms with Crippen molar-refractivity contribution in [3.63, 3.8) is 0 Å². The lowest BCUT2D eigenvalue weighted by molar-refractivity contribution is 0.250. The van der Waals surface area contributed by atoms with Crippen molar-refractivity contribution in [1.82, 2.24) is 20.2 Å². The van der Waals surface area contributed by atoms with Crippen molar-refractivity contribution in [2.45, 2.75) is 26.8 Å². The van der Waals surface area contributed by atoms with Crippen LogP contribution in [-0.2, 0) is 0 Å². The fourth-order valence-corrected chi connectivity index (χ4v) is 3.82. The summed E-state index contributed by atoms with van der Waals surface area (Å²) in [6.45, 7) is 10.0. The van der Waals surface area contributed by atoms with Crippen LogP contribution in [0.2, 0.25) is 0 Å². The first-order valence-electron chi connectivity index (χ1n) is 11.9. The fraction of sp³-hybridized carbons (Fsp3) is 0.346. The molecule has 1 saturated heterocycles. The van der Waals surface area contributed by atoms with Crippen LogP contribution in [0.5, 0.6) is 0 Å². The quantitative estimate of drug-likeness (QED) is 0.399.